The summed E-state index contributed by atoms with van der Waals surface area (Å²) in [6.07, 6.45) is 4.56. The number of likely N-dealkylation sites (N-methyl/N-ethyl adjacent to an activating group) is 1. The van der Waals surface area contributed by atoms with E-state index in [-0.39, 0.29) is 6.04 Å². The number of nitrogens with zero attached hydrogens (tertiary/aromatic N) is 3. The normalized spacial score (nSPS) is 18.7. The summed E-state index contributed by atoms with van der Waals surface area (Å²) in [5, 5.41) is 1.17. The second-order valence-corrected chi connectivity index (χ2v) is 6.61. The second-order valence-electron chi connectivity index (χ2n) is 5.60. The summed E-state index contributed by atoms with van der Waals surface area (Å²) < 4.78 is 0. The third kappa shape index (κ3) is 3.68. The fourth-order valence-electron chi connectivity index (χ4n) is 2.47. The van der Waals surface area contributed by atoms with Crippen molar-refractivity contribution in [2.75, 3.05) is 38.6 Å². The molecule has 0 spiro atoms. The molecule has 0 radical (unpaired) electrons. The maximum atomic E-state index is 6.20. The van der Waals surface area contributed by atoms with E-state index in [1.54, 1.807) is 0 Å². The van der Waals surface area contributed by atoms with Crippen LogP contribution in [0.2, 0.25) is 0 Å². The SMILES string of the molecule is CCCN(CCN(C)C)c1nc2c(s1)C(N)CCC2. The highest BCUT2D eigenvalue weighted by atomic mass is 32.1. The molecule has 0 fully saturated rings. The molecule has 1 aromatic heterocycles. The third-order valence-corrected chi connectivity index (χ3v) is 4.85. The van der Waals surface area contributed by atoms with Crippen molar-refractivity contribution in [3.05, 3.63) is 10.6 Å². The van der Waals surface area contributed by atoms with Crippen molar-refractivity contribution in [3.63, 3.8) is 0 Å². The summed E-state index contributed by atoms with van der Waals surface area (Å²) in [6.45, 7) is 5.41. The van der Waals surface area contributed by atoms with Gasteiger partial charge in [-0.05, 0) is 39.8 Å². The Morgan fingerprint density at radius 1 is 1.32 bits per heavy atom. The van der Waals surface area contributed by atoms with Crippen LogP contribution >= 0.6 is 11.3 Å². The Morgan fingerprint density at radius 2 is 2.11 bits per heavy atom. The van der Waals surface area contributed by atoms with E-state index in [2.05, 4.69) is 30.8 Å². The molecule has 0 bridgehead atoms. The molecule has 1 aliphatic rings. The molecule has 4 nitrogen and oxygen atoms in total. The second kappa shape index (κ2) is 6.68. The number of aryl methyl sites for hydroxylation is 1. The molecule has 1 unspecified atom stereocenters. The molecule has 19 heavy (non-hydrogen) atoms. The molecular weight excluding hydrogens is 256 g/mol. The number of thiazole rings is 1. The third-order valence-electron chi connectivity index (χ3n) is 3.56. The topological polar surface area (TPSA) is 45.4 Å². The predicted octanol–water partition coefficient (Wildman–Crippen LogP) is 2.26. The molecule has 5 heteroatoms. The first-order chi connectivity index (χ1) is 9.11. The summed E-state index contributed by atoms with van der Waals surface area (Å²) in [4.78, 5) is 10.8. The minimum absolute atomic E-state index is 0.215. The van der Waals surface area contributed by atoms with Crippen molar-refractivity contribution >= 4 is 16.5 Å². The highest BCUT2D eigenvalue weighted by Crippen LogP contribution is 2.36. The summed E-state index contributed by atoms with van der Waals surface area (Å²) in [6, 6.07) is 0.215. The van der Waals surface area contributed by atoms with Crippen LogP contribution in [0.3, 0.4) is 0 Å². The van der Waals surface area contributed by atoms with Gasteiger partial charge in [-0.2, -0.15) is 0 Å². The zero-order chi connectivity index (χ0) is 13.8. The van der Waals surface area contributed by atoms with Crippen LogP contribution in [0.25, 0.3) is 0 Å². The molecule has 1 aliphatic carbocycles. The van der Waals surface area contributed by atoms with Gasteiger partial charge in [0.25, 0.3) is 0 Å². The molecule has 0 aliphatic heterocycles. The summed E-state index contributed by atoms with van der Waals surface area (Å²) in [5.41, 5.74) is 7.45. The summed E-state index contributed by atoms with van der Waals surface area (Å²) >= 11 is 1.81. The van der Waals surface area contributed by atoms with E-state index in [0.29, 0.717) is 0 Å². The highest BCUT2D eigenvalue weighted by Gasteiger charge is 2.23. The van der Waals surface area contributed by atoms with Gasteiger partial charge in [0.05, 0.1) is 5.69 Å². The quantitative estimate of drug-likeness (QED) is 0.869. The van der Waals surface area contributed by atoms with Crippen LogP contribution in [0.1, 0.15) is 42.8 Å². The molecule has 0 amide bonds. The first kappa shape index (κ1) is 14.8. The predicted molar refractivity (Wildman–Crippen MR) is 83.0 cm³/mol. The van der Waals surface area contributed by atoms with Crippen molar-refractivity contribution in [3.8, 4) is 0 Å². The van der Waals surface area contributed by atoms with E-state index in [9.17, 15) is 0 Å². The van der Waals surface area contributed by atoms with Crippen LogP contribution in [0.15, 0.2) is 0 Å². The molecule has 2 N–H and O–H groups in total. The number of anilines is 1. The first-order valence-electron chi connectivity index (χ1n) is 7.26. The Bertz CT molecular complexity index is 402. The maximum absolute atomic E-state index is 6.20. The maximum Gasteiger partial charge on any atom is 0.185 e. The van der Waals surface area contributed by atoms with Gasteiger partial charge in [-0.15, -0.1) is 0 Å². The molecule has 2 rings (SSSR count). The van der Waals surface area contributed by atoms with Gasteiger partial charge >= 0.3 is 0 Å². The smallest absolute Gasteiger partial charge is 0.185 e. The Hall–Kier alpha value is -0.650. The van der Waals surface area contributed by atoms with E-state index in [1.807, 2.05) is 11.3 Å². The minimum Gasteiger partial charge on any atom is -0.347 e. The lowest BCUT2D eigenvalue weighted by molar-refractivity contribution is 0.413. The highest BCUT2D eigenvalue weighted by molar-refractivity contribution is 7.15. The Morgan fingerprint density at radius 3 is 2.74 bits per heavy atom. The van der Waals surface area contributed by atoms with Crippen molar-refractivity contribution in [1.29, 1.82) is 0 Å². The molecule has 108 valence electrons. The van der Waals surface area contributed by atoms with Gasteiger partial charge in [-0.25, -0.2) is 4.98 Å². The van der Waals surface area contributed by atoms with Crippen LogP contribution in [0.5, 0.6) is 0 Å². The van der Waals surface area contributed by atoms with Crippen LogP contribution in [-0.2, 0) is 6.42 Å². The van der Waals surface area contributed by atoms with Crippen molar-refractivity contribution < 1.29 is 0 Å². The first-order valence-corrected chi connectivity index (χ1v) is 8.08. The van der Waals surface area contributed by atoms with Gasteiger partial charge in [-0.1, -0.05) is 18.3 Å². The molecule has 1 aromatic rings. The standard InChI is InChI=1S/C14H26N4S/c1-4-8-18(10-9-17(2)3)14-16-12-7-5-6-11(15)13(12)19-14/h11H,4-10,15H2,1-3H3. The van der Waals surface area contributed by atoms with Gasteiger partial charge < -0.3 is 15.5 Å². The van der Waals surface area contributed by atoms with Crippen LogP contribution in [0.4, 0.5) is 5.13 Å². The van der Waals surface area contributed by atoms with Gasteiger partial charge in [0.15, 0.2) is 5.13 Å². The molecule has 0 saturated heterocycles. The molecule has 1 atom stereocenters. The van der Waals surface area contributed by atoms with Gasteiger partial charge in [0.2, 0.25) is 0 Å². The van der Waals surface area contributed by atoms with Crippen molar-refractivity contribution in [2.45, 2.75) is 38.6 Å². The van der Waals surface area contributed by atoms with E-state index in [1.165, 1.54) is 22.1 Å². The number of nitrogens with two attached hydrogens (primary N) is 1. The minimum atomic E-state index is 0.215. The van der Waals surface area contributed by atoms with Crippen LogP contribution < -0.4 is 10.6 Å². The van der Waals surface area contributed by atoms with E-state index < -0.39 is 0 Å². The van der Waals surface area contributed by atoms with Crippen molar-refractivity contribution in [2.24, 2.45) is 5.73 Å². The number of fused-ring (bicyclic) bond motifs is 1. The molecule has 0 saturated carbocycles. The fraction of sp³-hybridized carbons (Fsp3) is 0.786. The monoisotopic (exact) mass is 282 g/mol. The lowest BCUT2D eigenvalue weighted by Gasteiger charge is -2.23. The zero-order valence-corrected chi connectivity index (χ0v) is 13.2. The number of hydrogen-bond donors (Lipinski definition) is 1. The summed E-state index contributed by atoms with van der Waals surface area (Å²) in [5.74, 6) is 0. The Kier molecular flexibility index (Phi) is 5.19. The average molecular weight is 282 g/mol. The van der Waals surface area contributed by atoms with E-state index in [0.717, 1.165) is 38.9 Å². The Balaban J connectivity index is 2.12. The number of hydrogen-bond acceptors (Lipinski definition) is 5. The van der Waals surface area contributed by atoms with E-state index in [4.69, 9.17) is 10.7 Å². The van der Waals surface area contributed by atoms with E-state index >= 15 is 0 Å². The zero-order valence-electron chi connectivity index (χ0n) is 12.4. The lowest BCUT2D eigenvalue weighted by Crippen LogP contribution is -2.32. The number of aromatic nitrogens is 1. The van der Waals surface area contributed by atoms with Gasteiger partial charge in [0.1, 0.15) is 0 Å². The summed E-state index contributed by atoms with van der Waals surface area (Å²) in [7, 11) is 4.24. The van der Waals surface area contributed by atoms with Crippen LogP contribution in [-0.4, -0.2) is 43.6 Å². The average Bonchev–Trinajstić information content (AvgIpc) is 2.79. The van der Waals surface area contributed by atoms with Crippen molar-refractivity contribution in [1.82, 2.24) is 9.88 Å². The largest absolute Gasteiger partial charge is 0.347 e. The molecular formula is C14H26N4S. The molecule has 0 aromatic carbocycles. The van der Waals surface area contributed by atoms with Crippen LogP contribution in [0, 0.1) is 0 Å². The Labute approximate surface area is 120 Å². The fourth-order valence-corrected chi connectivity index (χ4v) is 3.67. The lowest BCUT2D eigenvalue weighted by atomic mass is 9.99. The van der Waals surface area contributed by atoms with Gasteiger partial charge in [0, 0.05) is 30.6 Å². The number of rotatable bonds is 6. The molecule has 1 heterocycles. The van der Waals surface area contributed by atoms with Gasteiger partial charge in [-0.3, -0.25) is 0 Å².